The smallest absolute Gasteiger partial charge is 0.267 e. The molecule has 1 atom stereocenters. The molecule has 2 aromatic carbocycles. The van der Waals surface area contributed by atoms with Gasteiger partial charge < -0.3 is 4.90 Å². The molecule has 2 saturated heterocycles. The highest BCUT2D eigenvalue weighted by atomic mass is 35.5. The molecule has 2 heterocycles. The Bertz CT molecular complexity index is 1120. The lowest BCUT2D eigenvalue weighted by Gasteiger charge is -2.23. The van der Waals surface area contributed by atoms with Crippen LogP contribution >= 0.6 is 35.0 Å². The van der Waals surface area contributed by atoms with Crippen molar-refractivity contribution in [1.82, 2.24) is 4.90 Å². The van der Waals surface area contributed by atoms with Crippen molar-refractivity contribution in [2.75, 3.05) is 18.0 Å². The second-order valence-corrected chi connectivity index (χ2v) is 10.0. The Balaban J connectivity index is 1.73. The molecule has 33 heavy (non-hydrogen) atoms. The molecule has 8 heteroatoms. The van der Waals surface area contributed by atoms with Crippen molar-refractivity contribution in [3.63, 3.8) is 0 Å². The van der Waals surface area contributed by atoms with Crippen LogP contribution in [-0.2, 0) is 16.0 Å². The first kappa shape index (κ1) is 23.7. The van der Waals surface area contributed by atoms with E-state index in [0.717, 1.165) is 31.2 Å². The Hall–Kier alpha value is -2.46. The number of amides is 2. The zero-order chi connectivity index (χ0) is 23.4. The summed E-state index contributed by atoms with van der Waals surface area (Å²) in [5, 5.41) is 10.7. The summed E-state index contributed by atoms with van der Waals surface area (Å²) < 4.78 is 0. The van der Waals surface area contributed by atoms with E-state index in [-0.39, 0.29) is 17.4 Å². The standard InChI is InChI=1S/C25H23Cl2N3O2S/c26-20-12-8-9-17(22(20)27)15-21-24(32)30(18-10-4-3-5-11-18)25(33-21)19(16-28)23(31)29-13-6-1-2-7-14-29/h3-5,8-12,21H,1-2,6-7,13-15H2/b25-19-/t21-/m0/s1. The molecule has 0 saturated carbocycles. The number of rotatable bonds is 4. The maximum atomic E-state index is 13.6. The fourth-order valence-electron chi connectivity index (χ4n) is 4.13. The van der Waals surface area contributed by atoms with Gasteiger partial charge in [-0.25, -0.2) is 0 Å². The number of nitriles is 1. The Morgan fingerprint density at radius 2 is 1.73 bits per heavy atom. The number of hydrogen-bond acceptors (Lipinski definition) is 4. The van der Waals surface area contributed by atoms with Crippen LogP contribution in [0.1, 0.15) is 31.2 Å². The molecule has 2 amide bonds. The van der Waals surface area contributed by atoms with Crippen LogP contribution in [0.2, 0.25) is 10.0 Å². The number of thioether (sulfide) groups is 1. The fourth-order valence-corrected chi connectivity index (χ4v) is 5.82. The van der Waals surface area contributed by atoms with E-state index in [0.29, 0.717) is 40.3 Å². The number of anilines is 1. The van der Waals surface area contributed by atoms with Crippen molar-refractivity contribution in [1.29, 1.82) is 5.26 Å². The summed E-state index contributed by atoms with van der Waals surface area (Å²) in [6, 6.07) is 16.6. The third kappa shape index (κ3) is 5.06. The van der Waals surface area contributed by atoms with Crippen LogP contribution in [0.25, 0.3) is 0 Å². The predicted molar refractivity (Wildman–Crippen MR) is 133 cm³/mol. The molecule has 2 aliphatic heterocycles. The molecule has 0 unspecified atom stereocenters. The number of hydrogen-bond donors (Lipinski definition) is 0. The van der Waals surface area contributed by atoms with Gasteiger partial charge in [0.1, 0.15) is 16.7 Å². The average Bonchev–Trinajstić information content (AvgIpc) is 2.98. The van der Waals surface area contributed by atoms with Gasteiger partial charge in [0.2, 0.25) is 5.91 Å². The van der Waals surface area contributed by atoms with Crippen LogP contribution in [0, 0.1) is 11.3 Å². The molecule has 2 fully saturated rings. The number of para-hydroxylation sites is 1. The molecule has 2 aromatic rings. The maximum absolute atomic E-state index is 13.6. The molecule has 0 radical (unpaired) electrons. The van der Waals surface area contributed by atoms with Gasteiger partial charge in [0.05, 0.1) is 15.3 Å². The SMILES string of the molecule is N#C/C(C(=O)N1CCCCCC1)=C1/S[C@@H](Cc2cccc(Cl)c2Cl)C(=O)N1c1ccccc1. The Morgan fingerprint density at radius 1 is 1.03 bits per heavy atom. The van der Waals surface area contributed by atoms with Gasteiger partial charge in [-0.2, -0.15) is 5.26 Å². The average molecular weight is 500 g/mol. The molecule has 0 N–H and O–H groups in total. The van der Waals surface area contributed by atoms with E-state index < -0.39 is 5.25 Å². The van der Waals surface area contributed by atoms with Crippen LogP contribution in [0.3, 0.4) is 0 Å². The first-order valence-corrected chi connectivity index (χ1v) is 12.6. The molecule has 0 spiro atoms. The minimum absolute atomic E-state index is 0.0128. The highest BCUT2D eigenvalue weighted by Crippen LogP contribution is 2.43. The molecular weight excluding hydrogens is 477 g/mol. The second-order valence-electron chi connectivity index (χ2n) is 8.03. The van der Waals surface area contributed by atoms with Gasteiger partial charge in [-0.15, -0.1) is 0 Å². The highest BCUT2D eigenvalue weighted by Gasteiger charge is 2.41. The molecule has 0 bridgehead atoms. The minimum atomic E-state index is -0.531. The molecule has 0 aliphatic carbocycles. The van der Waals surface area contributed by atoms with E-state index in [1.165, 1.54) is 16.7 Å². The first-order valence-electron chi connectivity index (χ1n) is 10.9. The minimum Gasteiger partial charge on any atom is -0.338 e. The lowest BCUT2D eigenvalue weighted by molar-refractivity contribution is -0.126. The molecule has 2 aliphatic rings. The topological polar surface area (TPSA) is 64.4 Å². The van der Waals surface area contributed by atoms with Crippen molar-refractivity contribution in [2.45, 2.75) is 37.4 Å². The van der Waals surface area contributed by atoms with Gasteiger partial charge in [-0.1, -0.05) is 78.1 Å². The summed E-state index contributed by atoms with van der Waals surface area (Å²) in [5.74, 6) is -0.495. The van der Waals surface area contributed by atoms with Gasteiger partial charge in [0.15, 0.2) is 0 Å². The number of carbonyl (C=O) groups is 2. The summed E-state index contributed by atoms with van der Waals surface area (Å²) in [6.07, 6.45) is 4.34. The van der Waals surface area contributed by atoms with E-state index >= 15 is 0 Å². The van der Waals surface area contributed by atoms with E-state index in [1.54, 1.807) is 29.2 Å². The third-order valence-corrected chi connectivity index (χ3v) is 7.96. The van der Waals surface area contributed by atoms with Gasteiger partial charge in [-0.05, 0) is 43.0 Å². The molecular formula is C25H23Cl2N3O2S. The summed E-state index contributed by atoms with van der Waals surface area (Å²) in [7, 11) is 0. The van der Waals surface area contributed by atoms with Gasteiger partial charge >= 0.3 is 0 Å². The molecule has 4 rings (SSSR count). The number of benzene rings is 2. The van der Waals surface area contributed by atoms with Crippen molar-refractivity contribution in [3.8, 4) is 6.07 Å². The van der Waals surface area contributed by atoms with Crippen LogP contribution < -0.4 is 4.90 Å². The van der Waals surface area contributed by atoms with Crippen LogP contribution in [0.4, 0.5) is 5.69 Å². The number of halogens is 2. The van der Waals surface area contributed by atoms with E-state index in [1.807, 2.05) is 24.3 Å². The molecule has 5 nitrogen and oxygen atoms in total. The third-order valence-electron chi connectivity index (χ3n) is 5.84. The van der Waals surface area contributed by atoms with Crippen LogP contribution in [0.5, 0.6) is 0 Å². The normalized spacial score (nSPS) is 20.4. The number of likely N-dealkylation sites (tertiary alicyclic amines) is 1. The van der Waals surface area contributed by atoms with E-state index in [9.17, 15) is 14.9 Å². The van der Waals surface area contributed by atoms with Gasteiger partial charge in [0.25, 0.3) is 5.91 Å². The fraction of sp³-hybridized carbons (Fsp3) is 0.320. The van der Waals surface area contributed by atoms with Crippen LogP contribution in [-0.4, -0.2) is 35.1 Å². The largest absolute Gasteiger partial charge is 0.338 e. The zero-order valence-electron chi connectivity index (χ0n) is 18.0. The number of carbonyl (C=O) groups excluding carboxylic acids is 2. The van der Waals surface area contributed by atoms with Crippen LogP contribution in [0.15, 0.2) is 59.1 Å². The molecule has 170 valence electrons. The van der Waals surface area contributed by atoms with E-state index in [2.05, 4.69) is 6.07 Å². The Kier molecular flexibility index (Phi) is 7.64. The summed E-state index contributed by atoms with van der Waals surface area (Å²) >= 11 is 13.8. The number of nitrogens with zero attached hydrogens (tertiary/aromatic N) is 3. The lowest BCUT2D eigenvalue weighted by Crippen LogP contribution is -2.35. The van der Waals surface area contributed by atoms with Gasteiger partial charge in [0, 0.05) is 18.8 Å². The van der Waals surface area contributed by atoms with Gasteiger partial charge in [-0.3, -0.25) is 14.5 Å². The summed E-state index contributed by atoms with van der Waals surface area (Å²) in [6.45, 7) is 1.26. The van der Waals surface area contributed by atoms with Crippen molar-refractivity contribution < 1.29 is 9.59 Å². The Labute approximate surface area is 207 Å². The lowest BCUT2D eigenvalue weighted by atomic mass is 10.1. The first-order chi connectivity index (χ1) is 16.0. The maximum Gasteiger partial charge on any atom is 0.267 e. The summed E-state index contributed by atoms with van der Waals surface area (Å²) in [5.41, 5.74) is 1.39. The zero-order valence-corrected chi connectivity index (χ0v) is 20.3. The quantitative estimate of drug-likeness (QED) is 0.392. The van der Waals surface area contributed by atoms with Crippen molar-refractivity contribution in [3.05, 3.63) is 74.7 Å². The predicted octanol–water partition coefficient (Wildman–Crippen LogP) is 5.82. The summed E-state index contributed by atoms with van der Waals surface area (Å²) in [4.78, 5) is 30.2. The molecule has 0 aromatic heterocycles. The second kappa shape index (κ2) is 10.6. The highest BCUT2D eigenvalue weighted by molar-refractivity contribution is 8.05. The Morgan fingerprint density at radius 3 is 2.39 bits per heavy atom. The van der Waals surface area contributed by atoms with E-state index in [4.69, 9.17) is 23.2 Å². The van der Waals surface area contributed by atoms with Crippen molar-refractivity contribution in [2.24, 2.45) is 0 Å². The van der Waals surface area contributed by atoms with Crippen molar-refractivity contribution >= 4 is 52.5 Å². The monoisotopic (exact) mass is 499 g/mol.